The monoisotopic (exact) mass is 294 g/mol. The lowest BCUT2D eigenvalue weighted by atomic mass is 10.2. The van der Waals surface area contributed by atoms with Crippen LogP contribution in [0.3, 0.4) is 0 Å². The van der Waals surface area contributed by atoms with Gasteiger partial charge in [0.25, 0.3) is 0 Å². The van der Waals surface area contributed by atoms with E-state index in [2.05, 4.69) is 4.98 Å². The fourth-order valence-electron chi connectivity index (χ4n) is 2.42. The van der Waals surface area contributed by atoms with Crippen LogP contribution in [0.2, 0.25) is 5.02 Å². The van der Waals surface area contributed by atoms with Gasteiger partial charge in [0.1, 0.15) is 11.3 Å². The lowest BCUT2D eigenvalue weighted by molar-refractivity contribution is 0.629. The minimum Gasteiger partial charge on any atom is -0.454 e. The zero-order valence-corrected chi connectivity index (χ0v) is 11.8. The van der Waals surface area contributed by atoms with Crippen molar-refractivity contribution in [1.82, 2.24) is 4.98 Å². The van der Waals surface area contributed by atoms with Gasteiger partial charge in [-0.3, -0.25) is 0 Å². The summed E-state index contributed by atoms with van der Waals surface area (Å²) in [5.74, 6) is 0.720. The van der Waals surface area contributed by atoms with E-state index >= 15 is 0 Å². The van der Waals surface area contributed by atoms with Gasteiger partial charge < -0.3 is 10.2 Å². The zero-order valence-electron chi connectivity index (χ0n) is 11.0. The molecule has 2 N–H and O–H groups in total. The summed E-state index contributed by atoms with van der Waals surface area (Å²) < 4.78 is 5.84. The van der Waals surface area contributed by atoms with Gasteiger partial charge in [0.2, 0.25) is 0 Å². The lowest BCUT2D eigenvalue weighted by Gasteiger charge is -2.00. The molecule has 0 atom stereocenters. The second kappa shape index (κ2) is 4.50. The number of fused-ring (bicyclic) bond motifs is 2. The largest absolute Gasteiger partial charge is 0.454 e. The summed E-state index contributed by atoms with van der Waals surface area (Å²) in [4.78, 5) is 4.61. The van der Waals surface area contributed by atoms with E-state index in [1.54, 1.807) is 0 Å². The number of aromatic nitrogens is 1. The second-order valence-corrected chi connectivity index (χ2v) is 5.38. The van der Waals surface area contributed by atoms with Crippen LogP contribution in [0.4, 0.5) is 5.69 Å². The van der Waals surface area contributed by atoms with Gasteiger partial charge in [0, 0.05) is 21.5 Å². The number of benzene rings is 2. The highest BCUT2D eigenvalue weighted by atomic mass is 35.5. The highest BCUT2D eigenvalue weighted by Crippen LogP contribution is 2.29. The van der Waals surface area contributed by atoms with E-state index in [0.29, 0.717) is 10.7 Å². The Morgan fingerprint density at radius 1 is 0.905 bits per heavy atom. The fourth-order valence-corrected chi connectivity index (χ4v) is 2.58. The summed E-state index contributed by atoms with van der Waals surface area (Å²) in [5.41, 5.74) is 8.93. The van der Waals surface area contributed by atoms with Crippen LogP contribution >= 0.6 is 11.6 Å². The molecule has 2 heterocycles. The Labute approximate surface area is 126 Å². The van der Waals surface area contributed by atoms with Crippen molar-refractivity contribution in [2.45, 2.75) is 0 Å². The summed E-state index contributed by atoms with van der Waals surface area (Å²) in [7, 11) is 0. The molecule has 2 aromatic carbocycles. The quantitative estimate of drug-likeness (QED) is 0.509. The van der Waals surface area contributed by atoms with Crippen molar-refractivity contribution in [3.05, 3.63) is 59.6 Å². The summed E-state index contributed by atoms with van der Waals surface area (Å²) >= 11 is 6.02. The number of hydrogen-bond acceptors (Lipinski definition) is 3. The van der Waals surface area contributed by atoms with Crippen LogP contribution in [-0.4, -0.2) is 4.98 Å². The van der Waals surface area contributed by atoms with E-state index in [4.69, 9.17) is 21.8 Å². The molecule has 0 saturated heterocycles. The molecule has 0 aliphatic heterocycles. The Morgan fingerprint density at radius 3 is 2.67 bits per heavy atom. The number of nitrogens with two attached hydrogens (primary N) is 1. The molecular weight excluding hydrogens is 284 g/mol. The first-order chi connectivity index (χ1) is 10.2. The van der Waals surface area contributed by atoms with Gasteiger partial charge in [-0.25, -0.2) is 4.98 Å². The Hall–Kier alpha value is -2.52. The van der Waals surface area contributed by atoms with Crippen molar-refractivity contribution in [2.24, 2.45) is 0 Å². The predicted octanol–water partition coefficient (Wildman–Crippen LogP) is 4.88. The zero-order chi connectivity index (χ0) is 14.4. The molecule has 21 heavy (non-hydrogen) atoms. The molecule has 0 radical (unpaired) electrons. The number of nitrogens with zero attached hydrogens (tertiary/aromatic N) is 1. The number of nitrogen functional groups attached to an aromatic ring is 1. The molecule has 4 rings (SSSR count). The highest BCUT2D eigenvalue weighted by molar-refractivity contribution is 6.31. The van der Waals surface area contributed by atoms with Gasteiger partial charge >= 0.3 is 0 Å². The first kappa shape index (κ1) is 12.2. The van der Waals surface area contributed by atoms with Gasteiger partial charge in [-0.2, -0.15) is 0 Å². The number of furan rings is 1. The molecule has 0 aliphatic rings. The molecule has 3 nitrogen and oxygen atoms in total. The SMILES string of the molecule is Nc1ccc2oc(-c3ccc4ccc(Cl)cc4n3)cc2c1. The standard InChI is InChI=1S/C17H11ClN2O/c18-12-3-1-10-2-5-14(20-15(10)9-12)17-8-11-7-13(19)4-6-16(11)21-17/h1-9H,19H2. The predicted molar refractivity (Wildman–Crippen MR) is 86.4 cm³/mol. The third-order valence-corrected chi connectivity index (χ3v) is 3.68. The fraction of sp³-hybridized carbons (Fsp3) is 0. The summed E-state index contributed by atoms with van der Waals surface area (Å²) in [6.45, 7) is 0. The molecule has 4 heteroatoms. The number of hydrogen-bond donors (Lipinski definition) is 1. The maximum absolute atomic E-state index is 6.02. The van der Waals surface area contributed by atoms with E-state index in [9.17, 15) is 0 Å². The van der Waals surface area contributed by atoms with Crippen LogP contribution in [0.5, 0.6) is 0 Å². The maximum atomic E-state index is 6.02. The van der Waals surface area contributed by atoms with Crippen molar-refractivity contribution in [2.75, 3.05) is 5.73 Å². The van der Waals surface area contributed by atoms with Gasteiger partial charge in [0.05, 0.1) is 5.52 Å². The lowest BCUT2D eigenvalue weighted by Crippen LogP contribution is -1.83. The molecule has 0 spiro atoms. The molecule has 0 bridgehead atoms. The number of anilines is 1. The van der Waals surface area contributed by atoms with Crippen molar-refractivity contribution < 1.29 is 4.42 Å². The number of rotatable bonds is 1. The minimum absolute atomic E-state index is 0.671. The first-order valence-electron chi connectivity index (χ1n) is 6.55. The third kappa shape index (κ3) is 2.12. The summed E-state index contributed by atoms with van der Waals surface area (Å²) in [6, 6.07) is 17.1. The summed E-state index contributed by atoms with van der Waals surface area (Å²) in [6.07, 6.45) is 0. The highest BCUT2D eigenvalue weighted by Gasteiger charge is 2.08. The smallest absolute Gasteiger partial charge is 0.153 e. The van der Waals surface area contributed by atoms with E-state index in [-0.39, 0.29) is 0 Å². The van der Waals surface area contributed by atoms with E-state index in [1.807, 2.05) is 54.6 Å². The molecule has 2 aromatic heterocycles. The normalized spacial score (nSPS) is 11.3. The van der Waals surface area contributed by atoms with Crippen LogP contribution in [0.15, 0.2) is 59.0 Å². The average Bonchev–Trinajstić information content (AvgIpc) is 2.89. The molecule has 0 fully saturated rings. The Bertz CT molecular complexity index is 975. The van der Waals surface area contributed by atoms with Gasteiger partial charge in [0.15, 0.2) is 5.76 Å². The molecular formula is C17H11ClN2O. The van der Waals surface area contributed by atoms with E-state index in [1.165, 1.54) is 0 Å². The second-order valence-electron chi connectivity index (χ2n) is 4.94. The van der Waals surface area contributed by atoms with Crippen molar-refractivity contribution in [3.8, 4) is 11.5 Å². The van der Waals surface area contributed by atoms with E-state index < -0.39 is 0 Å². The molecule has 0 unspecified atom stereocenters. The molecule has 0 aliphatic carbocycles. The van der Waals surface area contributed by atoms with Gasteiger partial charge in [-0.15, -0.1) is 0 Å². The average molecular weight is 295 g/mol. The Balaban J connectivity index is 1.90. The topological polar surface area (TPSA) is 52.0 Å². The molecule has 0 amide bonds. The van der Waals surface area contributed by atoms with Gasteiger partial charge in [-0.05, 0) is 42.5 Å². The van der Waals surface area contributed by atoms with Crippen molar-refractivity contribution in [3.63, 3.8) is 0 Å². The maximum Gasteiger partial charge on any atom is 0.153 e. The molecule has 0 saturated carbocycles. The molecule has 4 aromatic rings. The Kier molecular flexibility index (Phi) is 2.62. The molecule has 102 valence electrons. The van der Waals surface area contributed by atoms with Crippen LogP contribution in [0, 0.1) is 0 Å². The van der Waals surface area contributed by atoms with Crippen LogP contribution < -0.4 is 5.73 Å². The van der Waals surface area contributed by atoms with Gasteiger partial charge in [-0.1, -0.05) is 23.7 Å². The Morgan fingerprint density at radius 2 is 1.76 bits per heavy atom. The number of halogens is 1. The summed E-state index contributed by atoms with van der Waals surface area (Å²) in [5, 5.41) is 2.69. The van der Waals surface area contributed by atoms with Crippen molar-refractivity contribution in [1.29, 1.82) is 0 Å². The van der Waals surface area contributed by atoms with Crippen LogP contribution in [0.25, 0.3) is 33.3 Å². The van der Waals surface area contributed by atoms with E-state index in [0.717, 1.165) is 33.3 Å². The third-order valence-electron chi connectivity index (χ3n) is 3.45. The van der Waals surface area contributed by atoms with Crippen LogP contribution in [-0.2, 0) is 0 Å². The van der Waals surface area contributed by atoms with Crippen molar-refractivity contribution >= 4 is 39.2 Å². The minimum atomic E-state index is 0.671. The van der Waals surface area contributed by atoms with Crippen LogP contribution in [0.1, 0.15) is 0 Å². The number of pyridine rings is 1. The first-order valence-corrected chi connectivity index (χ1v) is 6.93.